The number of rotatable bonds is 9. The third-order valence-corrected chi connectivity index (χ3v) is 7.63. The van der Waals surface area contributed by atoms with Crippen molar-refractivity contribution in [3.8, 4) is 5.75 Å². The van der Waals surface area contributed by atoms with Gasteiger partial charge in [-0.3, -0.25) is 14.4 Å². The fourth-order valence-corrected chi connectivity index (χ4v) is 5.13. The zero-order valence-corrected chi connectivity index (χ0v) is 20.5. The SMILES string of the molecule is CC[C@H](C)NC(=O)[C@@H](C)N(Cc1cccc(OC)c1)C(=O)CN1C(=O)c2ccccc2S1(=O)=O. The Hall–Kier alpha value is -3.40. The monoisotopic (exact) mass is 487 g/mol. The summed E-state index contributed by atoms with van der Waals surface area (Å²) in [5.41, 5.74) is 0.715. The maximum Gasteiger partial charge on any atom is 0.269 e. The predicted molar refractivity (Wildman–Crippen MR) is 126 cm³/mol. The minimum absolute atomic E-state index is 0.0252. The van der Waals surface area contributed by atoms with E-state index >= 15 is 0 Å². The van der Waals surface area contributed by atoms with Gasteiger partial charge in [0.2, 0.25) is 11.8 Å². The van der Waals surface area contributed by atoms with E-state index < -0.39 is 34.4 Å². The summed E-state index contributed by atoms with van der Waals surface area (Å²) in [7, 11) is -2.64. The first-order chi connectivity index (χ1) is 16.1. The second-order valence-electron chi connectivity index (χ2n) is 8.18. The summed E-state index contributed by atoms with van der Waals surface area (Å²) in [4.78, 5) is 40.2. The van der Waals surface area contributed by atoms with Crippen molar-refractivity contribution in [2.24, 2.45) is 0 Å². The summed E-state index contributed by atoms with van der Waals surface area (Å²) in [6, 6.07) is 11.8. The van der Waals surface area contributed by atoms with Gasteiger partial charge in [0.1, 0.15) is 23.2 Å². The largest absolute Gasteiger partial charge is 0.497 e. The lowest BCUT2D eigenvalue weighted by atomic mass is 10.1. The lowest BCUT2D eigenvalue weighted by molar-refractivity contribution is -0.140. The molecule has 0 aliphatic carbocycles. The van der Waals surface area contributed by atoms with Gasteiger partial charge in [0.05, 0.1) is 12.7 Å². The highest BCUT2D eigenvalue weighted by Crippen LogP contribution is 2.30. The van der Waals surface area contributed by atoms with Crippen molar-refractivity contribution in [2.75, 3.05) is 13.7 Å². The number of hydrogen-bond acceptors (Lipinski definition) is 6. The van der Waals surface area contributed by atoms with Crippen LogP contribution in [0.1, 0.15) is 43.1 Å². The van der Waals surface area contributed by atoms with Gasteiger partial charge < -0.3 is 15.0 Å². The van der Waals surface area contributed by atoms with Gasteiger partial charge in [0.15, 0.2) is 0 Å². The van der Waals surface area contributed by atoms with E-state index in [1.165, 1.54) is 30.2 Å². The van der Waals surface area contributed by atoms with Crippen LogP contribution in [0.15, 0.2) is 53.4 Å². The van der Waals surface area contributed by atoms with Gasteiger partial charge in [-0.05, 0) is 50.1 Å². The van der Waals surface area contributed by atoms with Gasteiger partial charge in [-0.1, -0.05) is 31.2 Å². The molecule has 1 aliphatic rings. The molecule has 2 aromatic carbocycles. The molecule has 2 aromatic rings. The summed E-state index contributed by atoms with van der Waals surface area (Å²) in [5, 5.41) is 2.85. The molecule has 2 atom stereocenters. The van der Waals surface area contributed by atoms with Crippen molar-refractivity contribution in [1.82, 2.24) is 14.5 Å². The predicted octanol–water partition coefficient (Wildman–Crippen LogP) is 2.17. The van der Waals surface area contributed by atoms with Crippen LogP contribution in [-0.2, 0) is 26.2 Å². The Morgan fingerprint density at radius 2 is 1.82 bits per heavy atom. The molecule has 0 spiro atoms. The molecule has 34 heavy (non-hydrogen) atoms. The van der Waals surface area contributed by atoms with E-state index in [-0.39, 0.29) is 29.0 Å². The first-order valence-corrected chi connectivity index (χ1v) is 12.4. The molecular weight excluding hydrogens is 458 g/mol. The van der Waals surface area contributed by atoms with Gasteiger partial charge in [-0.2, -0.15) is 0 Å². The highest BCUT2D eigenvalue weighted by atomic mass is 32.2. The number of hydrogen-bond donors (Lipinski definition) is 1. The normalized spacial score (nSPS) is 15.9. The lowest BCUT2D eigenvalue weighted by Gasteiger charge is -2.31. The number of nitrogens with zero attached hydrogens (tertiary/aromatic N) is 2. The third-order valence-electron chi connectivity index (χ3n) is 5.85. The smallest absolute Gasteiger partial charge is 0.269 e. The van der Waals surface area contributed by atoms with Gasteiger partial charge in [-0.25, -0.2) is 12.7 Å². The molecule has 0 saturated heterocycles. The fraction of sp³-hybridized carbons (Fsp3) is 0.375. The number of carbonyl (C=O) groups excluding carboxylic acids is 3. The number of fused-ring (bicyclic) bond motifs is 1. The molecule has 1 N–H and O–H groups in total. The fourth-order valence-electron chi connectivity index (χ4n) is 3.62. The van der Waals surface area contributed by atoms with Crippen LogP contribution in [0.3, 0.4) is 0 Å². The molecule has 0 radical (unpaired) electrons. The van der Waals surface area contributed by atoms with Crippen LogP contribution in [0, 0.1) is 0 Å². The molecule has 0 unspecified atom stereocenters. The lowest BCUT2D eigenvalue weighted by Crippen LogP contribution is -2.52. The quantitative estimate of drug-likeness (QED) is 0.580. The molecule has 1 aliphatic heterocycles. The average molecular weight is 488 g/mol. The average Bonchev–Trinajstić information content (AvgIpc) is 3.02. The van der Waals surface area contributed by atoms with E-state index in [0.29, 0.717) is 22.0 Å². The zero-order valence-electron chi connectivity index (χ0n) is 19.6. The van der Waals surface area contributed by atoms with Crippen molar-refractivity contribution in [1.29, 1.82) is 0 Å². The number of carbonyl (C=O) groups is 3. The Morgan fingerprint density at radius 3 is 2.47 bits per heavy atom. The molecule has 3 amide bonds. The van der Waals surface area contributed by atoms with E-state index in [1.807, 2.05) is 13.8 Å². The van der Waals surface area contributed by atoms with Gasteiger partial charge in [0.25, 0.3) is 15.9 Å². The summed E-state index contributed by atoms with van der Waals surface area (Å²) in [6.45, 7) is 4.67. The van der Waals surface area contributed by atoms with Crippen LogP contribution < -0.4 is 10.1 Å². The highest BCUT2D eigenvalue weighted by molar-refractivity contribution is 7.90. The zero-order chi connectivity index (χ0) is 25.0. The van der Waals surface area contributed by atoms with Crippen molar-refractivity contribution in [2.45, 2.75) is 50.7 Å². The van der Waals surface area contributed by atoms with Crippen molar-refractivity contribution in [3.05, 3.63) is 59.7 Å². The Labute approximate surface area is 199 Å². The topological polar surface area (TPSA) is 113 Å². The Morgan fingerprint density at radius 1 is 1.12 bits per heavy atom. The summed E-state index contributed by atoms with van der Waals surface area (Å²) in [5.74, 6) is -1.22. The van der Waals surface area contributed by atoms with Crippen LogP contribution in [0.2, 0.25) is 0 Å². The van der Waals surface area contributed by atoms with Crippen LogP contribution in [0.5, 0.6) is 5.75 Å². The summed E-state index contributed by atoms with van der Waals surface area (Å²) < 4.78 is 31.7. The van der Waals surface area contributed by atoms with E-state index in [4.69, 9.17) is 4.74 Å². The number of benzene rings is 2. The Kier molecular flexibility index (Phi) is 7.61. The van der Waals surface area contributed by atoms with Crippen LogP contribution in [-0.4, -0.2) is 61.1 Å². The second kappa shape index (κ2) is 10.3. The number of ether oxygens (including phenoxy) is 1. The molecular formula is C24H29N3O6S. The minimum Gasteiger partial charge on any atom is -0.497 e. The second-order valence-corrected chi connectivity index (χ2v) is 10.0. The van der Waals surface area contributed by atoms with Gasteiger partial charge >= 0.3 is 0 Å². The van der Waals surface area contributed by atoms with Crippen molar-refractivity contribution < 1.29 is 27.5 Å². The molecule has 0 aromatic heterocycles. The third kappa shape index (κ3) is 5.06. The Bertz CT molecular complexity index is 1200. The van der Waals surface area contributed by atoms with E-state index in [1.54, 1.807) is 37.3 Å². The van der Waals surface area contributed by atoms with Gasteiger partial charge in [0, 0.05) is 12.6 Å². The number of sulfonamides is 1. The molecule has 0 bridgehead atoms. The van der Waals surface area contributed by atoms with Gasteiger partial charge in [-0.15, -0.1) is 0 Å². The van der Waals surface area contributed by atoms with E-state index in [0.717, 1.165) is 0 Å². The molecule has 10 heteroatoms. The summed E-state index contributed by atoms with van der Waals surface area (Å²) >= 11 is 0. The minimum atomic E-state index is -4.16. The van der Waals surface area contributed by atoms with E-state index in [9.17, 15) is 22.8 Å². The maximum atomic E-state index is 13.4. The molecule has 182 valence electrons. The number of amides is 3. The molecule has 3 rings (SSSR count). The number of nitrogens with one attached hydrogen (secondary N) is 1. The molecule has 0 fully saturated rings. The first-order valence-electron chi connectivity index (χ1n) is 11.0. The molecule has 9 nitrogen and oxygen atoms in total. The van der Waals surface area contributed by atoms with E-state index in [2.05, 4.69) is 5.32 Å². The molecule has 1 heterocycles. The highest BCUT2D eigenvalue weighted by Gasteiger charge is 2.43. The number of methoxy groups -OCH3 is 1. The van der Waals surface area contributed by atoms with Crippen molar-refractivity contribution in [3.63, 3.8) is 0 Å². The Balaban J connectivity index is 1.90. The maximum absolute atomic E-state index is 13.4. The first kappa shape index (κ1) is 25.2. The van der Waals surface area contributed by atoms with Crippen LogP contribution in [0.25, 0.3) is 0 Å². The van der Waals surface area contributed by atoms with Crippen LogP contribution >= 0.6 is 0 Å². The summed E-state index contributed by atoms with van der Waals surface area (Å²) in [6.07, 6.45) is 0.709. The van der Waals surface area contributed by atoms with Crippen LogP contribution in [0.4, 0.5) is 0 Å². The molecule has 0 saturated carbocycles. The van der Waals surface area contributed by atoms with Crippen molar-refractivity contribution >= 4 is 27.7 Å². The standard InChI is InChI=1S/C24H29N3O6S/c1-5-16(2)25-23(29)17(3)26(14-18-9-8-10-19(13-18)33-4)22(28)15-27-24(30)20-11-6-7-12-21(20)34(27,31)32/h6-13,16-17H,5,14-15H2,1-4H3,(H,25,29)/t16-,17+/m0/s1.